The molecule has 0 spiro atoms. The Morgan fingerprint density at radius 3 is 2.37 bits per heavy atom. The third-order valence-corrected chi connectivity index (χ3v) is 8.08. The van der Waals surface area contributed by atoms with Crippen LogP contribution >= 0.6 is 0 Å². The third-order valence-electron chi connectivity index (χ3n) is 8.08. The molecule has 0 unspecified atom stereocenters. The van der Waals surface area contributed by atoms with Crippen LogP contribution in [-0.2, 0) is 4.79 Å². The van der Waals surface area contributed by atoms with E-state index in [9.17, 15) is 4.79 Å². The molecule has 7 heteroatoms. The molecule has 35 heavy (non-hydrogen) atoms. The lowest BCUT2D eigenvalue weighted by Gasteiger charge is -2.40. The van der Waals surface area contributed by atoms with E-state index in [1.807, 2.05) is 10.7 Å². The van der Waals surface area contributed by atoms with Crippen molar-refractivity contribution in [3.63, 3.8) is 0 Å². The van der Waals surface area contributed by atoms with Crippen molar-refractivity contribution in [1.82, 2.24) is 19.4 Å². The molecule has 3 aliphatic rings. The second-order valence-corrected chi connectivity index (χ2v) is 10.3. The van der Waals surface area contributed by atoms with Crippen LogP contribution in [0, 0.1) is 5.92 Å². The maximum atomic E-state index is 12.4. The van der Waals surface area contributed by atoms with E-state index < -0.39 is 0 Å². The molecule has 2 aliphatic heterocycles. The van der Waals surface area contributed by atoms with E-state index in [1.54, 1.807) is 0 Å². The van der Waals surface area contributed by atoms with Crippen molar-refractivity contribution in [2.45, 2.75) is 32.7 Å². The molecule has 1 atom stereocenters. The van der Waals surface area contributed by atoms with Gasteiger partial charge >= 0.3 is 0 Å². The van der Waals surface area contributed by atoms with Crippen molar-refractivity contribution in [1.29, 1.82) is 0 Å². The quantitative estimate of drug-likeness (QED) is 0.568. The van der Waals surface area contributed by atoms with Gasteiger partial charge in [0.1, 0.15) is 0 Å². The average Bonchev–Trinajstić information content (AvgIpc) is 3.66. The Balaban J connectivity index is 1.18. The predicted octanol–water partition coefficient (Wildman–Crippen LogP) is 3.59. The van der Waals surface area contributed by atoms with E-state index in [4.69, 9.17) is 0 Å². The number of anilines is 2. The van der Waals surface area contributed by atoms with Crippen LogP contribution in [0.4, 0.5) is 11.4 Å². The largest absolute Gasteiger partial charge is 0.369 e. The number of aromatic nitrogens is 2. The minimum Gasteiger partial charge on any atom is -0.369 e. The Kier molecular flexibility index (Phi) is 5.88. The summed E-state index contributed by atoms with van der Waals surface area (Å²) in [5, 5.41) is 4.58. The topological polar surface area (TPSA) is 47.3 Å². The highest BCUT2D eigenvalue weighted by atomic mass is 16.2. The van der Waals surface area contributed by atoms with Gasteiger partial charge in [-0.25, -0.2) is 4.52 Å². The lowest BCUT2D eigenvalue weighted by Crippen LogP contribution is -2.51. The standard InChI is InChI=1S/C28H36N6O/c1-3-30-12-17-33(19-21(30)2)25-8-6-22(7-9-25)24-18-27-26(10-11-29-34(27)20-24)31-13-15-32(16-14-31)28(35)23-4-5-23/h6-11,18,20-21,23H,3-5,12-17,19H2,1-2H3/t21-/m0/s1. The molecule has 0 bridgehead atoms. The fourth-order valence-electron chi connectivity index (χ4n) is 5.75. The number of hydrogen-bond acceptors (Lipinski definition) is 5. The number of piperazine rings is 2. The predicted molar refractivity (Wildman–Crippen MR) is 141 cm³/mol. The lowest BCUT2D eigenvalue weighted by atomic mass is 10.1. The second kappa shape index (κ2) is 9.19. The number of hydrogen-bond donors (Lipinski definition) is 0. The molecule has 6 rings (SSSR count). The molecule has 1 aliphatic carbocycles. The molecule has 7 nitrogen and oxygen atoms in total. The van der Waals surface area contributed by atoms with Crippen molar-refractivity contribution in [3.8, 4) is 11.1 Å². The van der Waals surface area contributed by atoms with E-state index in [0.717, 1.165) is 70.7 Å². The zero-order valence-corrected chi connectivity index (χ0v) is 20.9. The number of fused-ring (bicyclic) bond motifs is 1. The Hall–Kier alpha value is -3.06. The monoisotopic (exact) mass is 472 g/mol. The molecule has 3 fully saturated rings. The SMILES string of the molecule is CCN1CCN(c2ccc(-c3cc4c(N5CCN(C(=O)C6CC6)CC5)ccnn4c3)cc2)C[C@@H]1C. The first-order chi connectivity index (χ1) is 17.1. The molecule has 1 aromatic carbocycles. The van der Waals surface area contributed by atoms with E-state index in [1.165, 1.54) is 22.5 Å². The number of likely N-dealkylation sites (N-methyl/N-ethyl adjacent to an activating group) is 1. The molecule has 184 valence electrons. The van der Waals surface area contributed by atoms with E-state index >= 15 is 0 Å². The third kappa shape index (κ3) is 4.38. The Labute approximate surface area is 207 Å². The van der Waals surface area contributed by atoms with Crippen LogP contribution in [0.15, 0.2) is 48.8 Å². The molecule has 2 aromatic heterocycles. The fourth-order valence-corrected chi connectivity index (χ4v) is 5.75. The van der Waals surface area contributed by atoms with E-state index in [0.29, 0.717) is 17.9 Å². The van der Waals surface area contributed by atoms with E-state index in [2.05, 4.69) is 81.1 Å². The molecule has 3 aromatic rings. The summed E-state index contributed by atoms with van der Waals surface area (Å²) in [4.78, 5) is 21.9. The van der Waals surface area contributed by atoms with Gasteiger partial charge in [0.25, 0.3) is 0 Å². The van der Waals surface area contributed by atoms with Gasteiger partial charge in [-0.15, -0.1) is 0 Å². The lowest BCUT2D eigenvalue weighted by molar-refractivity contribution is -0.132. The van der Waals surface area contributed by atoms with Crippen molar-refractivity contribution < 1.29 is 4.79 Å². The van der Waals surface area contributed by atoms with Crippen molar-refractivity contribution >= 4 is 22.8 Å². The van der Waals surface area contributed by atoms with Gasteiger partial charge in [-0.05, 0) is 56.1 Å². The zero-order chi connectivity index (χ0) is 23.9. The zero-order valence-electron chi connectivity index (χ0n) is 20.9. The van der Waals surface area contributed by atoms with Gasteiger partial charge in [0, 0.05) is 81.4 Å². The number of rotatable bonds is 5. The van der Waals surface area contributed by atoms with Gasteiger partial charge in [0.05, 0.1) is 11.2 Å². The first-order valence-corrected chi connectivity index (χ1v) is 13.2. The highest BCUT2D eigenvalue weighted by molar-refractivity contribution is 5.82. The molecule has 2 saturated heterocycles. The van der Waals surface area contributed by atoms with Crippen LogP contribution in [0.1, 0.15) is 26.7 Å². The fraction of sp³-hybridized carbons (Fsp3) is 0.500. The number of nitrogens with zero attached hydrogens (tertiary/aromatic N) is 6. The first kappa shape index (κ1) is 22.4. The van der Waals surface area contributed by atoms with E-state index in [-0.39, 0.29) is 0 Å². The Morgan fingerprint density at radius 2 is 1.69 bits per heavy atom. The van der Waals surface area contributed by atoms with Crippen LogP contribution in [0.5, 0.6) is 0 Å². The second-order valence-electron chi connectivity index (χ2n) is 10.3. The molecule has 4 heterocycles. The van der Waals surface area contributed by atoms with Crippen LogP contribution in [0.3, 0.4) is 0 Å². The summed E-state index contributed by atoms with van der Waals surface area (Å²) in [6.07, 6.45) is 6.16. The highest BCUT2D eigenvalue weighted by Crippen LogP contribution is 2.33. The van der Waals surface area contributed by atoms with Gasteiger partial charge in [0.15, 0.2) is 0 Å². The number of carbonyl (C=O) groups excluding carboxylic acids is 1. The van der Waals surface area contributed by atoms with Crippen molar-refractivity contribution in [2.75, 3.05) is 62.2 Å². The molecule has 0 radical (unpaired) electrons. The van der Waals surface area contributed by atoms with Crippen LogP contribution in [-0.4, -0.2) is 83.7 Å². The summed E-state index contributed by atoms with van der Waals surface area (Å²) >= 11 is 0. The summed E-state index contributed by atoms with van der Waals surface area (Å²) in [6.45, 7) is 12.4. The Morgan fingerprint density at radius 1 is 0.943 bits per heavy atom. The minimum atomic E-state index is 0.304. The summed E-state index contributed by atoms with van der Waals surface area (Å²) in [6, 6.07) is 13.9. The average molecular weight is 473 g/mol. The van der Waals surface area contributed by atoms with Crippen molar-refractivity contribution in [2.24, 2.45) is 5.92 Å². The first-order valence-electron chi connectivity index (χ1n) is 13.2. The van der Waals surface area contributed by atoms with Crippen LogP contribution in [0.2, 0.25) is 0 Å². The summed E-state index contributed by atoms with van der Waals surface area (Å²) < 4.78 is 1.99. The van der Waals surface area contributed by atoms with Crippen LogP contribution < -0.4 is 9.80 Å². The summed E-state index contributed by atoms with van der Waals surface area (Å²) in [5.74, 6) is 0.665. The highest BCUT2D eigenvalue weighted by Gasteiger charge is 2.34. The molecule has 1 amide bonds. The van der Waals surface area contributed by atoms with Gasteiger partial charge in [-0.3, -0.25) is 9.69 Å². The number of amides is 1. The van der Waals surface area contributed by atoms with Gasteiger partial charge in [-0.1, -0.05) is 19.1 Å². The maximum Gasteiger partial charge on any atom is 0.225 e. The summed E-state index contributed by atoms with van der Waals surface area (Å²) in [7, 11) is 0. The van der Waals surface area contributed by atoms with Crippen LogP contribution in [0.25, 0.3) is 16.6 Å². The smallest absolute Gasteiger partial charge is 0.225 e. The molecule has 1 saturated carbocycles. The van der Waals surface area contributed by atoms with Crippen molar-refractivity contribution in [3.05, 3.63) is 48.8 Å². The normalized spacial score (nSPS) is 21.7. The Bertz CT molecular complexity index is 1190. The molecular formula is C28H36N6O. The number of carbonyl (C=O) groups is 1. The molecular weight excluding hydrogens is 436 g/mol. The minimum absolute atomic E-state index is 0.304. The molecule has 0 N–H and O–H groups in total. The summed E-state index contributed by atoms with van der Waals surface area (Å²) in [5.41, 5.74) is 6.02. The van der Waals surface area contributed by atoms with Gasteiger partial charge < -0.3 is 14.7 Å². The maximum absolute atomic E-state index is 12.4. The van der Waals surface area contributed by atoms with Gasteiger partial charge in [0.2, 0.25) is 5.91 Å². The van der Waals surface area contributed by atoms with Gasteiger partial charge in [-0.2, -0.15) is 5.10 Å². The number of benzene rings is 1.